The Morgan fingerprint density at radius 2 is 1.40 bits per heavy atom. The summed E-state index contributed by atoms with van der Waals surface area (Å²) in [7, 11) is 0. The molecule has 0 aliphatic carbocycles. The highest BCUT2D eigenvalue weighted by Crippen LogP contribution is 2.37. The molecule has 0 atom stereocenters. The van der Waals surface area contributed by atoms with Crippen molar-refractivity contribution < 1.29 is 4.42 Å². The van der Waals surface area contributed by atoms with Gasteiger partial charge in [0.25, 0.3) is 0 Å². The average Bonchev–Trinajstić information content (AvgIpc) is 3.58. The third-order valence-corrected chi connectivity index (χ3v) is 6.96. The standard InChI is InChI=1S/C31H19N3O/c1-3-12-26-25(9-1)29-31(33-19-6-5-14-28(33)32-29)34(26)21-17-15-20(16-18-21)22-10-7-11-24-23-8-2-4-13-27(23)35-30(22)24/h1-19H. The van der Waals surface area contributed by atoms with E-state index in [1.807, 2.05) is 24.3 Å². The van der Waals surface area contributed by atoms with Gasteiger partial charge in [-0.2, -0.15) is 0 Å². The van der Waals surface area contributed by atoms with Gasteiger partial charge in [-0.1, -0.05) is 72.8 Å². The number of hydrogen-bond acceptors (Lipinski definition) is 2. The maximum atomic E-state index is 6.28. The largest absolute Gasteiger partial charge is 0.455 e. The third kappa shape index (κ3) is 2.53. The van der Waals surface area contributed by atoms with Gasteiger partial charge in [-0.3, -0.25) is 8.97 Å². The Morgan fingerprint density at radius 1 is 0.629 bits per heavy atom. The Kier molecular flexibility index (Phi) is 3.63. The fourth-order valence-electron chi connectivity index (χ4n) is 5.39. The van der Waals surface area contributed by atoms with Gasteiger partial charge in [0.05, 0.1) is 5.52 Å². The minimum Gasteiger partial charge on any atom is -0.455 e. The van der Waals surface area contributed by atoms with Crippen molar-refractivity contribution in [3.05, 3.63) is 115 Å². The average molecular weight is 450 g/mol. The summed E-state index contributed by atoms with van der Waals surface area (Å²) < 4.78 is 10.7. The van der Waals surface area contributed by atoms with Crippen LogP contribution in [0.5, 0.6) is 0 Å². The number of aromatic nitrogens is 3. The van der Waals surface area contributed by atoms with E-state index in [4.69, 9.17) is 9.40 Å². The van der Waals surface area contributed by atoms with Crippen LogP contribution in [0.4, 0.5) is 0 Å². The highest BCUT2D eigenvalue weighted by atomic mass is 16.3. The molecule has 8 aromatic rings. The van der Waals surface area contributed by atoms with Crippen molar-refractivity contribution >= 4 is 49.7 Å². The first-order valence-electron chi connectivity index (χ1n) is 11.7. The summed E-state index contributed by atoms with van der Waals surface area (Å²) in [5.41, 5.74) is 9.36. The molecule has 0 N–H and O–H groups in total. The van der Waals surface area contributed by atoms with Gasteiger partial charge in [0.1, 0.15) is 22.3 Å². The molecule has 35 heavy (non-hydrogen) atoms. The molecule has 0 spiro atoms. The lowest BCUT2D eigenvalue weighted by Gasteiger charge is -2.10. The molecule has 164 valence electrons. The van der Waals surface area contributed by atoms with E-state index < -0.39 is 0 Å². The zero-order valence-corrected chi connectivity index (χ0v) is 18.7. The molecule has 4 nitrogen and oxygen atoms in total. The number of fused-ring (bicyclic) bond motifs is 8. The SMILES string of the molecule is c1ccc2c(c1)oc1c(-c3ccc(-n4c5ccccc5c5nc6ccccn6c54)cc3)cccc12. The molecule has 0 radical (unpaired) electrons. The molecule has 0 aliphatic rings. The molecule has 0 saturated heterocycles. The number of pyridine rings is 1. The van der Waals surface area contributed by atoms with E-state index in [9.17, 15) is 0 Å². The number of furan rings is 1. The van der Waals surface area contributed by atoms with Crippen LogP contribution in [0, 0.1) is 0 Å². The monoisotopic (exact) mass is 449 g/mol. The van der Waals surface area contributed by atoms with Crippen molar-refractivity contribution in [1.82, 2.24) is 14.0 Å². The second kappa shape index (κ2) is 6.84. The van der Waals surface area contributed by atoms with Crippen molar-refractivity contribution in [3.63, 3.8) is 0 Å². The van der Waals surface area contributed by atoms with E-state index in [1.54, 1.807) is 0 Å². The molecule has 0 unspecified atom stereocenters. The lowest BCUT2D eigenvalue weighted by molar-refractivity contribution is 0.670. The minimum absolute atomic E-state index is 0.917. The van der Waals surface area contributed by atoms with Crippen LogP contribution >= 0.6 is 0 Å². The molecular formula is C31H19N3O. The van der Waals surface area contributed by atoms with E-state index in [0.717, 1.165) is 66.5 Å². The predicted molar refractivity (Wildman–Crippen MR) is 142 cm³/mol. The van der Waals surface area contributed by atoms with Crippen molar-refractivity contribution in [3.8, 4) is 16.8 Å². The Balaban J connectivity index is 1.35. The Hall–Kier alpha value is -4.83. The summed E-state index contributed by atoms with van der Waals surface area (Å²) in [6, 6.07) is 37.9. The lowest BCUT2D eigenvalue weighted by atomic mass is 10.0. The quantitative estimate of drug-likeness (QED) is 0.268. The zero-order valence-electron chi connectivity index (χ0n) is 18.7. The lowest BCUT2D eigenvalue weighted by Crippen LogP contribution is -1.97. The maximum Gasteiger partial charge on any atom is 0.150 e. The summed E-state index contributed by atoms with van der Waals surface area (Å²) in [5.74, 6) is 0. The van der Waals surface area contributed by atoms with Crippen LogP contribution in [-0.4, -0.2) is 14.0 Å². The van der Waals surface area contributed by atoms with E-state index in [-0.39, 0.29) is 0 Å². The zero-order chi connectivity index (χ0) is 22.9. The summed E-state index contributed by atoms with van der Waals surface area (Å²) in [4.78, 5) is 4.94. The Bertz CT molecular complexity index is 2050. The summed E-state index contributed by atoms with van der Waals surface area (Å²) in [6.07, 6.45) is 2.08. The third-order valence-electron chi connectivity index (χ3n) is 6.96. The van der Waals surface area contributed by atoms with Crippen LogP contribution in [0.15, 0.2) is 120 Å². The maximum absolute atomic E-state index is 6.28. The van der Waals surface area contributed by atoms with Gasteiger partial charge in [-0.25, -0.2) is 4.98 Å². The molecule has 4 aromatic heterocycles. The van der Waals surface area contributed by atoms with Gasteiger partial charge in [0, 0.05) is 33.6 Å². The molecule has 4 aromatic carbocycles. The van der Waals surface area contributed by atoms with E-state index >= 15 is 0 Å². The van der Waals surface area contributed by atoms with Crippen LogP contribution in [0.3, 0.4) is 0 Å². The first-order valence-corrected chi connectivity index (χ1v) is 11.7. The molecule has 4 heterocycles. The molecule has 0 aliphatic heterocycles. The summed E-state index contributed by atoms with van der Waals surface area (Å²) in [5, 5.41) is 3.45. The van der Waals surface area contributed by atoms with Crippen LogP contribution in [0.25, 0.3) is 66.5 Å². The van der Waals surface area contributed by atoms with Crippen LogP contribution in [0.2, 0.25) is 0 Å². The second-order valence-corrected chi connectivity index (χ2v) is 8.89. The molecule has 0 amide bonds. The molecule has 4 heteroatoms. The van der Waals surface area contributed by atoms with Gasteiger partial charge in [0.2, 0.25) is 0 Å². The second-order valence-electron chi connectivity index (χ2n) is 8.89. The Morgan fingerprint density at radius 3 is 2.31 bits per heavy atom. The fraction of sp³-hybridized carbons (Fsp3) is 0. The number of para-hydroxylation sites is 3. The summed E-state index contributed by atoms with van der Waals surface area (Å²) in [6.45, 7) is 0. The number of imidazole rings is 1. The number of hydrogen-bond donors (Lipinski definition) is 0. The normalized spacial score (nSPS) is 12.0. The van der Waals surface area contributed by atoms with Gasteiger partial charge in [-0.05, 0) is 42.0 Å². The van der Waals surface area contributed by atoms with E-state index in [1.165, 1.54) is 0 Å². The molecule has 8 rings (SSSR count). The number of rotatable bonds is 2. The van der Waals surface area contributed by atoms with E-state index in [0.29, 0.717) is 0 Å². The van der Waals surface area contributed by atoms with Crippen molar-refractivity contribution in [1.29, 1.82) is 0 Å². The van der Waals surface area contributed by atoms with Gasteiger partial charge in [0.15, 0.2) is 5.65 Å². The van der Waals surface area contributed by atoms with Crippen molar-refractivity contribution in [2.45, 2.75) is 0 Å². The molecule has 0 bridgehead atoms. The van der Waals surface area contributed by atoms with Crippen LogP contribution < -0.4 is 0 Å². The molecular weight excluding hydrogens is 430 g/mol. The summed E-state index contributed by atoms with van der Waals surface area (Å²) >= 11 is 0. The topological polar surface area (TPSA) is 35.4 Å². The minimum atomic E-state index is 0.917. The van der Waals surface area contributed by atoms with E-state index in [2.05, 4.69) is 100 Å². The van der Waals surface area contributed by atoms with Gasteiger partial charge in [-0.15, -0.1) is 0 Å². The highest BCUT2D eigenvalue weighted by molar-refractivity contribution is 6.10. The van der Waals surface area contributed by atoms with Crippen LogP contribution in [-0.2, 0) is 0 Å². The molecule has 0 fully saturated rings. The number of nitrogens with zero attached hydrogens (tertiary/aromatic N) is 3. The first kappa shape index (κ1) is 18.6. The highest BCUT2D eigenvalue weighted by Gasteiger charge is 2.18. The smallest absolute Gasteiger partial charge is 0.150 e. The number of benzene rings is 4. The van der Waals surface area contributed by atoms with Crippen LogP contribution in [0.1, 0.15) is 0 Å². The fourth-order valence-corrected chi connectivity index (χ4v) is 5.39. The van der Waals surface area contributed by atoms with Gasteiger partial charge >= 0.3 is 0 Å². The molecule has 0 saturated carbocycles. The Labute approximate surface area is 200 Å². The van der Waals surface area contributed by atoms with Crippen molar-refractivity contribution in [2.75, 3.05) is 0 Å². The predicted octanol–water partition coefficient (Wildman–Crippen LogP) is 8.00. The van der Waals surface area contributed by atoms with Gasteiger partial charge < -0.3 is 4.42 Å². The first-order chi connectivity index (χ1) is 17.4. The van der Waals surface area contributed by atoms with Crippen molar-refractivity contribution in [2.24, 2.45) is 0 Å².